The van der Waals surface area contributed by atoms with Crippen LogP contribution in [0.25, 0.3) is 0 Å². The zero-order valence-corrected chi connectivity index (χ0v) is 7.33. The van der Waals surface area contributed by atoms with Gasteiger partial charge in [-0.2, -0.15) is 0 Å². The predicted octanol–water partition coefficient (Wildman–Crippen LogP) is -1.05. The van der Waals surface area contributed by atoms with E-state index in [1.807, 2.05) is 6.92 Å². The van der Waals surface area contributed by atoms with Gasteiger partial charge in [0.1, 0.15) is 5.92 Å². The van der Waals surface area contributed by atoms with Gasteiger partial charge in [-0.25, -0.2) is 5.43 Å². The van der Waals surface area contributed by atoms with Crippen LogP contribution in [0.4, 0.5) is 0 Å². The van der Waals surface area contributed by atoms with Gasteiger partial charge in [0.25, 0.3) is 0 Å². The van der Waals surface area contributed by atoms with E-state index in [9.17, 15) is 4.79 Å². The second-order valence-corrected chi connectivity index (χ2v) is 2.88. The molecule has 0 aliphatic carbocycles. The van der Waals surface area contributed by atoms with E-state index in [1.165, 1.54) is 0 Å². The highest BCUT2D eigenvalue weighted by Gasteiger charge is 2.37. The van der Waals surface area contributed by atoms with Crippen LogP contribution in [0.3, 0.4) is 0 Å². The smallest absolute Gasteiger partial charge is 0.313 e. The lowest BCUT2D eigenvalue weighted by molar-refractivity contribution is -0.148. The highest BCUT2D eigenvalue weighted by atomic mass is 16.5. The van der Waals surface area contributed by atoms with E-state index in [0.29, 0.717) is 6.61 Å². The number of ether oxygens (including phenoxy) is 1. The zero-order valence-electron chi connectivity index (χ0n) is 7.33. The van der Waals surface area contributed by atoms with E-state index < -0.39 is 0 Å². The summed E-state index contributed by atoms with van der Waals surface area (Å²) in [6.07, 6.45) is -0.348. The summed E-state index contributed by atoms with van der Waals surface area (Å²) in [6.45, 7) is 4.07. The first-order valence-corrected chi connectivity index (χ1v) is 4.10. The van der Waals surface area contributed by atoms with Crippen molar-refractivity contribution in [1.29, 1.82) is 0 Å². The highest BCUT2D eigenvalue weighted by molar-refractivity contribution is 5.74. The number of hydrogen-bond donors (Lipinski definition) is 3. The number of hydrazine groups is 1. The molecule has 1 aliphatic heterocycles. The van der Waals surface area contributed by atoms with Gasteiger partial charge in [0, 0.05) is 6.04 Å². The molecule has 1 heterocycles. The summed E-state index contributed by atoms with van der Waals surface area (Å²) in [4.78, 5) is 11.3. The van der Waals surface area contributed by atoms with Crippen molar-refractivity contribution in [2.45, 2.75) is 26.1 Å². The fourth-order valence-corrected chi connectivity index (χ4v) is 1.31. The number of carbonyl (C=O) groups excluding carboxylic acids is 1. The minimum absolute atomic E-state index is 0.0269. The number of nitrogens with two attached hydrogens (primary N) is 1. The van der Waals surface area contributed by atoms with Crippen LogP contribution in [0.2, 0.25) is 0 Å². The van der Waals surface area contributed by atoms with Crippen molar-refractivity contribution in [2.24, 2.45) is 11.7 Å². The molecule has 5 nitrogen and oxygen atoms in total. The van der Waals surface area contributed by atoms with E-state index in [4.69, 9.17) is 10.5 Å². The average molecular weight is 173 g/mol. The topological polar surface area (TPSA) is 76.4 Å². The molecule has 0 radical (unpaired) electrons. The summed E-state index contributed by atoms with van der Waals surface area (Å²) in [5.41, 5.74) is 11.3. The Morgan fingerprint density at radius 2 is 2.25 bits per heavy atom. The third-order valence-electron chi connectivity index (χ3n) is 1.96. The van der Waals surface area contributed by atoms with Gasteiger partial charge in [-0.1, -0.05) is 0 Å². The maximum Gasteiger partial charge on any atom is 0.313 e. The second kappa shape index (κ2) is 3.84. The molecular weight excluding hydrogens is 158 g/mol. The van der Waals surface area contributed by atoms with E-state index in [1.54, 1.807) is 6.92 Å². The van der Waals surface area contributed by atoms with E-state index in [0.717, 1.165) is 0 Å². The van der Waals surface area contributed by atoms with Crippen molar-refractivity contribution in [3.05, 3.63) is 0 Å². The first kappa shape index (κ1) is 9.44. The second-order valence-electron chi connectivity index (χ2n) is 2.88. The molecule has 3 unspecified atom stereocenters. The van der Waals surface area contributed by atoms with Gasteiger partial charge < -0.3 is 10.5 Å². The van der Waals surface area contributed by atoms with Crippen LogP contribution in [-0.2, 0) is 9.53 Å². The Labute approximate surface area is 71.6 Å². The maximum absolute atomic E-state index is 11.3. The van der Waals surface area contributed by atoms with Gasteiger partial charge in [0.2, 0.25) is 0 Å². The van der Waals surface area contributed by atoms with Gasteiger partial charge in [-0.15, -0.1) is 0 Å². The van der Waals surface area contributed by atoms with Crippen LogP contribution < -0.4 is 16.6 Å². The number of nitrogens with one attached hydrogen (secondary N) is 2. The third kappa shape index (κ3) is 1.74. The Morgan fingerprint density at radius 1 is 1.58 bits per heavy atom. The van der Waals surface area contributed by atoms with Crippen LogP contribution in [0.5, 0.6) is 0 Å². The monoisotopic (exact) mass is 173 g/mol. The summed E-state index contributed by atoms with van der Waals surface area (Å²) in [6, 6.07) is 0.0269. The van der Waals surface area contributed by atoms with Crippen molar-refractivity contribution in [1.82, 2.24) is 10.9 Å². The average Bonchev–Trinajstić information content (AvgIpc) is 2.32. The lowest BCUT2D eigenvalue weighted by atomic mass is 10.0. The standard InChI is InChI=1S/C7H15N3O2/c1-3-12-7(11)5-4(2)9-10-6(5)8/h4-6,9-10H,3,8H2,1-2H3. The van der Waals surface area contributed by atoms with Crippen LogP contribution in [0, 0.1) is 5.92 Å². The molecule has 0 spiro atoms. The largest absolute Gasteiger partial charge is 0.466 e. The fourth-order valence-electron chi connectivity index (χ4n) is 1.31. The molecule has 1 saturated heterocycles. The molecule has 1 fully saturated rings. The van der Waals surface area contributed by atoms with Crippen LogP contribution in [-0.4, -0.2) is 24.8 Å². The van der Waals surface area contributed by atoms with Crippen molar-refractivity contribution < 1.29 is 9.53 Å². The number of rotatable bonds is 2. The van der Waals surface area contributed by atoms with Crippen LogP contribution in [0.1, 0.15) is 13.8 Å². The van der Waals surface area contributed by atoms with E-state index in [2.05, 4.69) is 10.9 Å². The fraction of sp³-hybridized carbons (Fsp3) is 0.857. The summed E-state index contributed by atoms with van der Waals surface area (Å²) >= 11 is 0. The lowest BCUT2D eigenvalue weighted by Crippen LogP contribution is -2.42. The molecule has 3 atom stereocenters. The number of esters is 1. The van der Waals surface area contributed by atoms with Crippen LogP contribution >= 0.6 is 0 Å². The molecule has 0 aromatic rings. The third-order valence-corrected chi connectivity index (χ3v) is 1.96. The molecule has 4 N–H and O–H groups in total. The molecule has 0 amide bonds. The number of hydrogen-bond acceptors (Lipinski definition) is 5. The molecule has 0 bridgehead atoms. The van der Waals surface area contributed by atoms with Gasteiger partial charge >= 0.3 is 5.97 Å². The SMILES string of the molecule is CCOC(=O)C1C(C)NNC1N. The summed E-state index contributed by atoms with van der Waals surface area (Å²) in [5, 5.41) is 0. The molecule has 0 aromatic heterocycles. The molecular formula is C7H15N3O2. The van der Waals surface area contributed by atoms with Crippen molar-refractivity contribution in [2.75, 3.05) is 6.61 Å². The van der Waals surface area contributed by atoms with Crippen LogP contribution in [0.15, 0.2) is 0 Å². The number of carbonyl (C=O) groups is 1. The summed E-state index contributed by atoms with van der Waals surface area (Å²) in [7, 11) is 0. The Morgan fingerprint density at radius 3 is 2.67 bits per heavy atom. The Kier molecular flexibility index (Phi) is 3.02. The van der Waals surface area contributed by atoms with Crippen molar-refractivity contribution >= 4 is 5.97 Å². The molecule has 1 rings (SSSR count). The molecule has 5 heteroatoms. The summed E-state index contributed by atoms with van der Waals surface area (Å²) in [5.74, 6) is -0.528. The van der Waals surface area contributed by atoms with Gasteiger partial charge in [0.15, 0.2) is 0 Å². The highest BCUT2D eigenvalue weighted by Crippen LogP contribution is 2.12. The van der Waals surface area contributed by atoms with Gasteiger partial charge in [-0.3, -0.25) is 10.2 Å². The van der Waals surface area contributed by atoms with Crippen molar-refractivity contribution in [3.8, 4) is 0 Å². The molecule has 12 heavy (non-hydrogen) atoms. The molecule has 70 valence electrons. The minimum atomic E-state index is -0.348. The molecule has 1 aliphatic rings. The van der Waals surface area contributed by atoms with E-state index in [-0.39, 0.29) is 24.1 Å². The normalized spacial score (nSPS) is 35.1. The molecule has 0 aromatic carbocycles. The Hall–Kier alpha value is -0.650. The Bertz CT molecular complexity index is 164. The first-order chi connectivity index (χ1) is 5.66. The van der Waals surface area contributed by atoms with Gasteiger partial charge in [0.05, 0.1) is 12.8 Å². The first-order valence-electron chi connectivity index (χ1n) is 4.10. The summed E-state index contributed by atoms with van der Waals surface area (Å²) < 4.78 is 4.87. The lowest BCUT2D eigenvalue weighted by Gasteiger charge is -2.15. The zero-order chi connectivity index (χ0) is 9.14. The van der Waals surface area contributed by atoms with E-state index >= 15 is 0 Å². The van der Waals surface area contributed by atoms with Crippen molar-refractivity contribution in [3.63, 3.8) is 0 Å². The molecule has 0 saturated carbocycles. The quantitative estimate of drug-likeness (QED) is 0.464. The van der Waals surface area contributed by atoms with Gasteiger partial charge in [-0.05, 0) is 13.8 Å². The maximum atomic E-state index is 11.3. The minimum Gasteiger partial charge on any atom is -0.466 e. The predicted molar refractivity (Wildman–Crippen MR) is 43.8 cm³/mol. The Balaban J connectivity index is 2.53.